The van der Waals surface area contributed by atoms with Gasteiger partial charge in [-0.3, -0.25) is 0 Å². The SMILES string of the molecule is COc1ccc2c(c1)C(CO)C1C(C)(CO)CCCC21C. The Morgan fingerprint density at radius 2 is 2.00 bits per heavy atom. The van der Waals surface area contributed by atoms with Crippen molar-refractivity contribution in [2.24, 2.45) is 11.3 Å². The zero-order chi connectivity index (χ0) is 15.3. The maximum atomic E-state index is 10.0. The van der Waals surface area contributed by atoms with Crippen LogP contribution in [0.15, 0.2) is 18.2 Å². The quantitative estimate of drug-likeness (QED) is 0.900. The normalized spacial score (nSPS) is 38.0. The van der Waals surface area contributed by atoms with Gasteiger partial charge in [0.05, 0.1) is 13.7 Å². The van der Waals surface area contributed by atoms with E-state index in [0.29, 0.717) is 0 Å². The molecular formula is C18H26O3. The smallest absolute Gasteiger partial charge is 0.119 e. The summed E-state index contributed by atoms with van der Waals surface area (Å²) in [4.78, 5) is 0. The lowest BCUT2D eigenvalue weighted by Crippen LogP contribution is -2.47. The van der Waals surface area contributed by atoms with Crippen LogP contribution in [-0.4, -0.2) is 30.5 Å². The first-order chi connectivity index (χ1) is 10.00. The first-order valence-electron chi connectivity index (χ1n) is 7.90. The molecule has 0 spiro atoms. The summed E-state index contributed by atoms with van der Waals surface area (Å²) in [6.45, 7) is 4.82. The van der Waals surface area contributed by atoms with Crippen LogP contribution in [-0.2, 0) is 5.41 Å². The summed E-state index contributed by atoms with van der Waals surface area (Å²) in [6, 6.07) is 6.27. The van der Waals surface area contributed by atoms with Gasteiger partial charge in [-0.1, -0.05) is 26.3 Å². The van der Waals surface area contributed by atoms with Crippen molar-refractivity contribution in [3.05, 3.63) is 29.3 Å². The highest BCUT2D eigenvalue weighted by Crippen LogP contribution is 2.63. The lowest BCUT2D eigenvalue weighted by molar-refractivity contribution is -0.0211. The number of benzene rings is 1. The molecule has 1 saturated carbocycles. The van der Waals surface area contributed by atoms with Crippen LogP contribution in [0.1, 0.15) is 50.2 Å². The zero-order valence-corrected chi connectivity index (χ0v) is 13.2. The van der Waals surface area contributed by atoms with Crippen LogP contribution in [0.3, 0.4) is 0 Å². The van der Waals surface area contributed by atoms with Gasteiger partial charge in [0.25, 0.3) is 0 Å². The summed E-state index contributed by atoms with van der Waals surface area (Å²) in [5, 5.41) is 20.0. The number of aliphatic hydroxyl groups excluding tert-OH is 2. The molecule has 1 fully saturated rings. The zero-order valence-electron chi connectivity index (χ0n) is 13.2. The number of rotatable bonds is 3. The average molecular weight is 290 g/mol. The molecule has 2 N–H and O–H groups in total. The van der Waals surface area contributed by atoms with Gasteiger partial charge in [0, 0.05) is 12.5 Å². The van der Waals surface area contributed by atoms with Crippen LogP contribution < -0.4 is 4.74 Å². The van der Waals surface area contributed by atoms with Crippen LogP contribution in [0.25, 0.3) is 0 Å². The lowest BCUT2D eigenvalue weighted by atomic mass is 9.54. The number of methoxy groups -OCH3 is 1. The Morgan fingerprint density at radius 1 is 1.24 bits per heavy atom. The molecule has 21 heavy (non-hydrogen) atoms. The van der Waals surface area contributed by atoms with Gasteiger partial charge in [-0.2, -0.15) is 0 Å². The Labute approximate surface area is 127 Å². The molecule has 0 aromatic heterocycles. The molecule has 4 unspecified atom stereocenters. The summed E-state index contributed by atoms with van der Waals surface area (Å²) >= 11 is 0. The molecule has 0 radical (unpaired) electrons. The summed E-state index contributed by atoms with van der Waals surface area (Å²) in [7, 11) is 1.68. The topological polar surface area (TPSA) is 49.7 Å². The fourth-order valence-electron chi connectivity index (χ4n) is 5.23. The Hall–Kier alpha value is -1.06. The molecule has 1 aromatic carbocycles. The minimum absolute atomic E-state index is 0.0464. The summed E-state index contributed by atoms with van der Waals surface area (Å²) in [5.74, 6) is 1.23. The minimum atomic E-state index is -0.118. The van der Waals surface area contributed by atoms with Crippen molar-refractivity contribution in [2.75, 3.05) is 20.3 Å². The highest BCUT2D eigenvalue weighted by Gasteiger charge is 2.57. The molecule has 0 heterocycles. The van der Waals surface area contributed by atoms with Crippen molar-refractivity contribution in [3.8, 4) is 5.75 Å². The molecule has 3 rings (SSSR count). The van der Waals surface area contributed by atoms with Crippen molar-refractivity contribution >= 4 is 0 Å². The van der Waals surface area contributed by atoms with Gasteiger partial charge in [0.2, 0.25) is 0 Å². The fraction of sp³-hybridized carbons (Fsp3) is 0.667. The third-order valence-electron chi connectivity index (χ3n) is 6.12. The van der Waals surface area contributed by atoms with Crippen LogP contribution in [0, 0.1) is 11.3 Å². The Balaban J connectivity index is 2.17. The van der Waals surface area contributed by atoms with Crippen molar-refractivity contribution in [2.45, 2.75) is 44.4 Å². The van der Waals surface area contributed by atoms with Crippen LogP contribution in [0.2, 0.25) is 0 Å². The molecule has 0 bridgehead atoms. The molecule has 116 valence electrons. The summed E-state index contributed by atoms with van der Waals surface area (Å²) in [5.41, 5.74) is 2.48. The first kappa shape index (κ1) is 14.9. The van der Waals surface area contributed by atoms with E-state index in [1.165, 1.54) is 11.1 Å². The highest BCUT2D eigenvalue weighted by molar-refractivity contribution is 5.49. The summed E-state index contributed by atoms with van der Waals surface area (Å²) < 4.78 is 5.37. The second kappa shape index (κ2) is 4.99. The molecule has 3 heteroatoms. The third kappa shape index (κ3) is 1.94. The van der Waals surface area contributed by atoms with Crippen molar-refractivity contribution < 1.29 is 14.9 Å². The first-order valence-corrected chi connectivity index (χ1v) is 7.90. The molecule has 0 aliphatic heterocycles. The van der Waals surface area contributed by atoms with Crippen molar-refractivity contribution in [1.82, 2.24) is 0 Å². The van der Waals surface area contributed by atoms with E-state index in [-0.39, 0.29) is 35.9 Å². The van der Waals surface area contributed by atoms with Gasteiger partial charge >= 0.3 is 0 Å². The van der Waals surface area contributed by atoms with E-state index < -0.39 is 0 Å². The standard InChI is InChI=1S/C18H26O3/c1-17(11-20)7-4-8-18(2)15-6-5-12(21-3)9-13(15)14(10-19)16(17)18/h5-6,9,14,16,19-20H,4,7-8,10-11H2,1-3H3. The number of fused-ring (bicyclic) bond motifs is 3. The van der Waals surface area contributed by atoms with Gasteiger partial charge in [-0.05, 0) is 52.8 Å². The van der Waals surface area contributed by atoms with E-state index in [0.717, 1.165) is 25.0 Å². The highest BCUT2D eigenvalue weighted by atomic mass is 16.5. The number of hydrogen-bond donors (Lipinski definition) is 2. The molecule has 0 amide bonds. The number of ether oxygens (including phenoxy) is 1. The Morgan fingerprint density at radius 3 is 2.62 bits per heavy atom. The van der Waals surface area contributed by atoms with Crippen molar-refractivity contribution in [3.63, 3.8) is 0 Å². The van der Waals surface area contributed by atoms with E-state index in [9.17, 15) is 10.2 Å². The second-order valence-electron chi connectivity index (χ2n) is 7.30. The molecule has 4 atom stereocenters. The average Bonchev–Trinajstić information content (AvgIpc) is 2.76. The summed E-state index contributed by atoms with van der Waals surface area (Å²) in [6.07, 6.45) is 3.29. The molecule has 1 aromatic rings. The maximum Gasteiger partial charge on any atom is 0.119 e. The predicted molar refractivity (Wildman–Crippen MR) is 82.7 cm³/mol. The van der Waals surface area contributed by atoms with Crippen LogP contribution in [0.4, 0.5) is 0 Å². The number of aliphatic hydroxyl groups is 2. The maximum absolute atomic E-state index is 10.0. The second-order valence-corrected chi connectivity index (χ2v) is 7.30. The predicted octanol–water partition coefficient (Wildman–Crippen LogP) is 2.84. The van der Waals surface area contributed by atoms with Gasteiger partial charge in [-0.15, -0.1) is 0 Å². The van der Waals surface area contributed by atoms with E-state index in [2.05, 4.69) is 26.0 Å². The monoisotopic (exact) mass is 290 g/mol. The molecule has 2 aliphatic rings. The molecule has 2 aliphatic carbocycles. The molecular weight excluding hydrogens is 264 g/mol. The minimum Gasteiger partial charge on any atom is -0.497 e. The fourth-order valence-corrected chi connectivity index (χ4v) is 5.23. The van der Waals surface area contributed by atoms with E-state index in [4.69, 9.17) is 4.74 Å². The Bertz CT molecular complexity index is 541. The van der Waals surface area contributed by atoms with E-state index >= 15 is 0 Å². The van der Waals surface area contributed by atoms with Gasteiger partial charge in [-0.25, -0.2) is 0 Å². The van der Waals surface area contributed by atoms with Gasteiger partial charge in [0.1, 0.15) is 5.75 Å². The van der Waals surface area contributed by atoms with Gasteiger partial charge < -0.3 is 14.9 Å². The molecule has 3 nitrogen and oxygen atoms in total. The van der Waals surface area contributed by atoms with Crippen molar-refractivity contribution in [1.29, 1.82) is 0 Å². The van der Waals surface area contributed by atoms with Crippen LogP contribution >= 0.6 is 0 Å². The van der Waals surface area contributed by atoms with E-state index in [1.807, 2.05) is 6.07 Å². The molecule has 0 saturated heterocycles. The van der Waals surface area contributed by atoms with Crippen LogP contribution in [0.5, 0.6) is 5.75 Å². The van der Waals surface area contributed by atoms with E-state index in [1.54, 1.807) is 7.11 Å². The Kier molecular flexibility index (Phi) is 3.53. The largest absolute Gasteiger partial charge is 0.497 e. The van der Waals surface area contributed by atoms with Gasteiger partial charge in [0.15, 0.2) is 0 Å². The lowest BCUT2D eigenvalue weighted by Gasteiger charge is -2.50. The number of hydrogen-bond acceptors (Lipinski definition) is 3. The third-order valence-corrected chi connectivity index (χ3v) is 6.12.